The molecule has 0 saturated carbocycles. The summed E-state index contributed by atoms with van der Waals surface area (Å²) in [5.41, 5.74) is -1.31. The molecule has 6 heteroatoms. The third-order valence-corrected chi connectivity index (χ3v) is 2.49. The number of pyridine rings is 1. The lowest BCUT2D eigenvalue weighted by atomic mass is 10.0. The number of carbonyl (C=O) groups is 1. The maximum absolute atomic E-state index is 12.6. The summed E-state index contributed by atoms with van der Waals surface area (Å²) >= 11 is 0. The molecule has 0 aliphatic heterocycles. The summed E-state index contributed by atoms with van der Waals surface area (Å²) < 4.78 is 37.9. The molecular weight excluding hydrogens is 259 g/mol. The summed E-state index contributed by atoms with van der Waals surface area (Å²) in [6.45, 7) is 0. The molecule has 1 N–H and O–H groups in total. The van der Waals surface area contributed by atoms with Crippen molar-refractivity contribution in [3.63, 3.8) is 0 Å². The van der Waals surface area contributed by atoms with Gasteiger partial charge in [-0.15, -0.1) is 0 Å². The van der Waals surface area contributed by atoms with Crippen LogP contribution in [0, 0.1) is 0 Å². The Morgan fingerprint density at radius 1 is 1.11 bits per heavy atom. The molecule has 0 radical (unpaired) electrons. The smallest absolute Gasteiger partial charge is 0.434 e. The lowest BCUT2D eigenvalue weighted by Crippen LogP contribution is -2.15. The Morgan fingerprint density at radius 2 is 1.74 bits per heavy atom. The highest BCUT2D eigenvalue weighted by Crippen LogP contribution is 2.32. The van der Waals surface area contributed by atoms with Crippen molar-refractivity contribution in [2.75, 3.05) is 0 Å². The Balaban J connectivity index is 2.58. The Labute approximate surface area is 106 Å². The molecule has 0 bridgehead atoms. The van der Waals surface area contributed by atoms with Crippen LogP contribution >= 0.6 is 0 Å². The lowest BCUT2D eigenvalue weighted by molar-refractivity contribution is -0.141. The van der Waals surface area contributed by atoms with Gasteiger partial charge >= 0.3 is 12.1 Å². The lowest BCUT2D eigenvalue weighted by Gasteiger charge is -2.10. The fraction of sp³-hybridized carbons (Fsp3) is 0.0769. The molecular formula is C13H8F3NO2. The number of rotatable bonds is 2. The maximum Gasteiger partial charge on any atom is 0.434 e. The van der Waals surface area contributed by atoms with E-state index < -0.39 is 23.4 Å². The van der Waals surface area contributed by atoms with E-state index in [2.05, 4.69) is 4.98 Å². The van der Waals surface area contributed by atoms with Gasteiger partial charge in [-0.25, -0.2) is 4.79 Å². The summed E-state index contributed by atoms with van der Waals surface area (Å²) in [7, 11) is 0. The average molecular weight is 267 g/mol. The molecule has 0 fully saturated rings. The zero-order chi connectivity index (χ0) is 14.0. The van der Waals surface area contributed by atoms with Gasteiger partial charge in [0, 0.05) is 11.8 Å². The third-order valence-electron chi connectivity index (χ3n) is 2.49. The summed E-state index contributed by atoms with van der Waals surface area (Å²) in [4.78, 5) is 14.2. The molecule has 0 spiro atoms. The molecule has 2 aromatic rings. The second-order valence-electron chi connectivity index (χ2n) is 3.79. The summed E-state index contributed by atoms with van der Waals surface area (Å²) in [5.74, 6) is -1.65. The van der Waals surface area contributed by atoms with Crippen LogP contribution in [-0.2, 0) is 6.18 Å². The monoisotopic (exact) mass is 267 g/mol. The number of benzene rings is 1. The van der Waals surface area contributed by atoms with Gasteiger partial charge in [0.2, 0.25) is 0 Å². The van der Waals surface area contributed by atoms with E-state index in [0.29, 0.717) is 11.1 Å². The maximum atomic E-state index is 12.6. The largest absolute Gasteiger partial charge is 0.478 e. The van der Waals surface area contributed by atoms with Crippen molar-refractivity contribution in [1.82, 2.24) is 4.98 Å². The third kappa shape index (κ3) is 2.73. The van der Waals surface area contributed by atoms with E-state index in [1.54, 1.807) is 30.3 Å². The molecule has 2 rings (SSSR count). The Bertz CT molecular complexity index is 609. The molecule has 0 amide bonds. The van der Waals surface area contributed by atoms with Crippen LogP contribution in [0.1, 0.15) is 16.1 Å². The molecule has 0 saturated heterocycles. The van der Waals surface area contributed by atoms with Crippen LogP contribution in [0.25, 0.3) is 11.1 Å². The molecule has 98 valence electrons. The first-order valence-electron chi connectivity index (χ1n) is 5.25. The Kier molecular flexibility index (Phi) is 3.25. The van der Waals surface area contributed by atoms with Crippen molar-refractivity contribution in [3.05, 3.63) is 53.9 Å². The molecule has 0 aliphatic carbocycles. The summed E-state index contributed by atoms with van der Waals surface area (Å²) in [5, 5.41) is 8.86. The SMILES string of the molecule is O=C(O)c1cc(-c2ccccc2)cnc1C(F)(F)F. The number of aromatic nitrogens is 1. The van der Waals surface area contributed by atoms with E-state index in [1.165, 1.54) is 0 Å². The van der Waals surface area contributed by atoms with Gasteiger partial charge in [0.05, 0.1) is 5.56 Å². The number of carboxylic acid groups (broad SMARTS) is 1. The first kappa shape index (κ1) is 13.1. The zero-order valence-electron chi connectivity index (χ0n) is 9.48. The predicted molar refractivity (Wildman–Crippen MR) is 61.6 cm³/mol. The van der Waals surface area contributed by atoms with Gasteiger partial charge in [0.1, 0.15) is 0 Å². The molecule has 1 aromatic carbocycles. The van der Waals surface area contributed by atoms with Crippen LogP contribution in [0.5, 0.6) is 0 Å². The van der Waals surface area contributed by atoms with E-state index in [0.717, 1.165) is 12.3 Å². The predicted octanol–water partition coefficient (Wildman–Crippen LogP) is 3.47. The Hall–Kier alpha value is -2.37. The van der Waals surface area contributed by atoms with Gasteiger partial charge in [-0.1, -0.05) is 30.3 Å². The highest BCUT2D eigenvalue weighted by atomic mass is 19.4. The standard InChI is InChI=1S/C13H8F3NO2/c14-13(15,16)11-10(12(18)19)6-9(7-17-11)8-4-2-1-3-5-8/h1-7H,(H,18,19). The Morgan fingerprint density at radius 3 is 2.26 bits per heavy atom. The summed E-state index contributed by atoms with van der Waals surface area (Å²) in [6, 6.07) is 9.46. The highest BCUT2D eigenvalue weighted by Gasteiger charge is 2.37. The first-order chi connectivity index (χ1) is 8.89. The quantitative estimate of drug-likeness (QED) is 0.906. The van der Waals surface area contributed by atoms with E-state index in [1.807, 2.05) is 0 Å². The van der Waals surface area contributed by atoms with Crippen molar-refractivity contribution in [2.24, 2.45) is 0 Å². The van der Waals surface area contributed by atoms with Crippen molar-refractivity contribution in [2.45, 2.75) is 6.18 Å². The topological polar surface area (TPSA) is 50.2 Å². The van der Waals surface area contributed by atoms with Gasteiger partial charge in [-0.2, -0.15) is 13.2 Å². The summed E-state index contributed by atoms with van der Waals surface area (Å²) in [6.07, 6.45) is -3.77. The van der Waals surface area contributed by atoms with Crippen molar-refractivity contribution >= 4 is 5.97 Å². The number of carboxylic acids is 1. The normalized spacial score (nSPS) is 11.3. The fourth-order valence-corrected chi connectivity index (χ4v) is 1.64. The number of nitrogens with zero attached hydrogens (tertiary/aromatic N) is 1. The van der Waals surface area contributed by atoms with Crippen molar-refractivity contribution in [3.8, 4) is 11.1 Å². The molecule has 3 nitrogen and oxygen atoms in total. The minimum absolute atomic E-state index is 0.325. The minimum atomic E-state index is -4.79. The van der Waals surface area contributed by atoms with Crippen LogP contribution in [0.15, 0.2) is 42.6 Å². The second-order valence-corrected chi connectivity index (χ2v) is 3.79. The average Bonchev–Trinajstić information content (AvgIpc) is 2.38. The molecule has 0 unspecified atom stereocenters. The van der Waals surface area contributed by atoms with Gasteiger partial charge in [0.25, 0.3) is 0 Å². The molecule has 0 atom stereocenters. The van der Waals surface area contributed by atoms with E-state index in [4.69, 9.17) is 5.11 Å². The van der Waals surface area contributed by atoms with E-state index in [9.17, 15) is 18.0 Å². The molecule has 19 heavy (non-hydrogen) atoms. The zero-order valence-corrected chi connectivity index (χ0v) is 9.48. The minimum Gasteiger partial charge on any atom is -0.478 e. The van der Waals surface area contributed by atoms with Crippen LogP contribution in [-0.4, -0.2) is 16.1 Å². The van der Waals surface area contributed by atoms with Crippen LogP contribution in [0.2, 0.25) is 0 Å². The van der Waals surface area contributed by atoms with E-state index >= 15 is 0 Å². The number of halogens is 3. The van der Waals surface area contributed by atoms with Gasteiger partial charge < -0.3 is 5.11 Å². The molecule has 1 aromatic heterocycles. The van der Waals surface area contributed by atoms with Gasteiger partial charge in [-0.05, 0) is 11.6 Å². The van der Waals surface area contributed by atoms with Crippen molar-refractivity contribution < 1.29 is 23.1 Å². The van der Waals surface area contributed by atoms with Crippen LogP contribution in [0.4, 0.5) is 13.2 Å². The first-order valence-corrected chi connectivity index (χ1v) is 5.25. The number of alkyl halides is 3. The number of hydrogen-bond donors (Lipinski definition) is 1. The van der Waals surface area contributed by atoms with Gasteiger partial charge in [-0.3, -0.25) is 4.98 Å². The highest BCUT2D eigenvalue weighted by molar-refractivity contribution is 5.90. The number of hydrogen-bond acceptors (Lipinski definition) is 2. The van der Waals surface area contributed by atoms with Crippen LogP contribution in [0.3, 0.4) is 0 Å². The second kappa shape index (κ2) is 4.72. The van der Waals surface area contributed by atoms with E-state index in [-0.39, 0.29) is 0 Å². The van der Waals surface area contributed by atoms with Gasteiger partial charge in [0.15, 0.2) is 5.69 Å². The van der Waals surface area contributed by atoms with Crippen LogP contribution < -0.4 is 0 Å². The van der Waals surface area contributed by atoms with Crippen molar-refractivity contribution in [1.29, 1.82) is 0 Å². The fourth-order valence-electron chi connectivity index (χ4n) is 1.64. The number of aromatic carboxylic acids is 1. The molecule has 1 heterocycles. The molecule has 0 aliphatic rings.